The first-order valence-corrected chi connectivity index (χ1v) is 12.9. The lowest BCUT2D eigenvalue weighted by molar-refractivity contribution is 0.102. The molecule has 1 saturated heterocycles. The zero-order valence-electron chi connectivity index (χ0n) is 18.4. The van der Waals surface area contributed by atoms with E-state index in [4.69, 9.17) is 5.41 Å². The van der Waals surface area contributed by atoms with Crippen LogP contribution in [0.5, 0.6) is 0 Å². The molecule has 2 heterocycles. The molecule has 176 valence electrons. The minimum Gasteiger partial charge on any atom is -0.345 e. The normalized spacial score (nSPS) is 22.0. The van der Waals surface area contributed by atoms with E-state index in [1.807, 2.05) is 12.1 Å². The number of hydrogen-bond donors (Lipinski definition) is 3. The van der Waals surface area contributed by atoms with E-state index in [1.165, 1.54) is 34.6 Å². The minimum absolute atomic E-state index is 0.0296. The summed E-state index contributed by atoms with van der Waals surface area (Å²) in [5.41, 5.74) is 2.18. The summed E-state index contributed by atoms with van der Waals surface area (Å²) in [5, 5.41) is 14.4. The highest BCUT2D eigenvalue weighted by Crippen LogP contribution is 2.50. The Morgan fingerprint density at radius 1 is 1.42 bits per heavy atom. The van der Waals surface area contributed by atoms with Crippen molar-refractivity contribution in [3.8, 4) is 0 Å². The molecule has 12 heteroatoms. The molecule has 1 fully saturated rings. The molecule has 1 aromatic carbocycles. The lowest BCUT2D eigenvalue weighted by atomic mass is 9.67. The van der Waals surface area contributed by atoms with Crippen LogP contribution in [0.2, 0.25) is 0 Å². The van der Waals surface area contributed by atoms with Gasteiger partial charge in [-0.15, -0.1) is 0 Å². The number of pyridine rings is 1. The molecular weight excluding hydrogens is 467 g/mol. The molecule has 4 rings (SSSR count). The minimum atomic E-state index is -3.29. The highest BCUT2D eigenvalue weighted by atomic mass is 32.2. The molecule has 33 heavy (non-hydrogen) atoms. The number of sulfonamides is 1. The molecule has 0 saturated carbocycles. The number of rotatable bonds is 6. The number of aromatic nitrogens is 1. The van der Waals surface area contributed by atoms with Gasteiger partial charge in [-0.2, -0.15) is 0 Å². The Labute approximate surface area is 196 Å². The summed E-state index contributed by atoms with van der Waals surface area (Å²) in [7, 11) is 0.0610. The van der Waals surface area contributed by atoms with Crippen LogP contribution in [0, 0.1) is 11.2 Å². The third kappa shape index (κ3) is 4.55. The molecule has 0 radical (unpaired) electrons. The summed E-state index contributed by atoms with van der Waals surface area (Å²) < 4.78 is 39.8. The second kappa shape index (κ2) is 8.58. The van der Waals surface area contributed by atoms with E-state index in [2.05, 4.69) is 15.6 Å². The molecule has 2 aliphatic rings. The number of amides is 1. The number of fused-ring (bicyclic) bond motifs is 2. The number of carbonyl (C=O) groups excluding carboxylic acids is 1. The van der Waals surface area contributed by atoms with Crippen molar-refractivity contribution >= 4 is 39.5 Å². The van der Waals surface area contributed by atoms with Crippen LogP contribution in [0.15, 0.2) is 36.5 Å². The van der Waals surface area contributed by atoms with E-state index in [1.54, 1.807) is 24.5 Å². The topological polar surface area (TPSA) is 118 Å². The Hall–Kier alpha value is -2.70. The number of nitrogens with zero attached hydrogens (tertiary/aromatic N) is 3. The fourth-order valence-corrected chi connectivity index (χ4v) is 5.71. The van der Waals surface area contributed by atoms with Crippen LogP contribution in [0.25, 0.3) is 0 Å². The van der Waals surface area contributed by atoms with Gasteiger partial charge in [-0.1, -0.05) is 6.07 Å². The second-order valence-electron chi connectivity index (χ2n) is 8.27. The predicted molar refractivity (Wildman–Crippen MR) is 126 cm³/mol. The zero-order chi connectivity index (χ0) is 24.0. The van der Waals surface area contributed by atoms with Gasteiger partial charge in [0.2, 0.25) is 16.0 Å². The van der Waals surface area contributed by atoms with E-state index in [9.17, 15) is 17.6 Å². The summed E-state index contributed by atoms with van der Waals surface area (Å²) in [6.45, 7) is 0.350. The number of anilines is 1. The fraction of sp³-hybridized carbons (Fsp3) is 0.381. The van der Waals surface area contributed by atoms with Crippen LogP contribution in [0.1, 0.15) is 28.0 Å². The van der Waals surface area contributed by atoms with Crippen LogP contribution in [0.3, 0.4) is 0 Å². The third-order valence-electron chi connectivity index (χ3n) is 6.04. The van der Waals surface area contributed by atoms with E-state index >= 15 is 0 Å². The third-order valence-corrected chi connectivity index (χ3v) is 8.75. The standard InChI is InChI=1S/C21H25FN6O3S2/c1-27(33(3,30)31)9-8-18-21(26-20(23)28(2)32-18)11-13-4-6-15(10-16(13)21)25-19(29)17-7-5-14(22)12-24-17/h4-7,10,12,18H,8-9,11H2,1-3H3,(H2,23,26)(H,25,29)/t18?,21-/m1/s1. The molecule has 1 spiro atoms. The molecule has 1 unspecified atom stereocenters. The number of carbonyl (C=O) groups is 1. The second-order valence-corrected chi connectivity index (χ2v) is 11.7. The summed E-state index contributed by atoms with van der Waals surface area (Å²) in [6, 6.07) is 8.10. The molecule has 1 aromatic heterocycles. The molecule has 3 N–H and O–H groups in total. The van der Waals surface area contributed by atoms with Gasteiger partial charge >= 0.3 is 0 Å². The smallest absolute Gasteiger partial charge is 0.274 e. The van der Waals surface area contributed by atoms with Crippen LogP contribution in [0.4, 0.5) is 10.1 Å². The quantitative estimate of drug-likeness (QED) is 0.528. The number of guanidine groups is 1. The molecule has 2 aromatic rings. The Morgan fingerprint density at radius 3 is 2.85 bits per heavy atom. The number of benzene rings is 1. The van der Waals surface area contributed by atoms with Gasteiger partial charge in [-0.3, -0.25) is 14.5 Å². The average molecular weight is 493 g/mol. The monoisotopic (exact) mass is 492 g/mol. The van der Waals surface area contributed by atoms with Gasteiger partial charge in [-0.25, -0.2) is 22.1 Å². The SMILES string of the molecule is CN1SC(CCN(C)S(C)(=O)=O)[C@]2(Cc3ccc(NC(=O)c4ccc(F)cn4)cc32)NC1=N. The maximum absolute atomic E-state index is 13.1. The van der Waals surface area contributed by atoms with Gasteiger partial charge in [0.1, 0.15) is 11.5 Å². The van der Waals surface area contributed by atoms with E-state index in [-0.39, 0.29) is 16.9 Å². The molecule has 9 nitrogen and oxygen atoms in total. The Morgan fingerprint density at radius 2 is 2.18 bits per heavy atom. The van der Waals surface area contributed by atoms with Gasteiger partial charge in [0.25, 0.3) is 5.91 Å². The molecule has 1 aliphatic heterocycles. The molecule has 1 aliphatic carbocycles. The van der Waals surface area contributed by atoms with E-state index in [0.717, 1.165) is 17.3 Å². The maximum Gasteiger partial charge on any atom is 0.274 e. The van der Waals surface area contributed by atoms with E-state index < -0.39 is 27.3 Å². The van der Waals surface area contributed by atoms with Crippen molar-refractivity contribution in [2.75, 3.05) is 32.2 Å². The van der Waals surface area contributed by atoms with Crippen molar-refractivity contribution < 1.29 is 17.6 Å². The number of hydrogen-bond acceptors (Lipinski definition) is 6. The molecule has 1 amide bonds. The summed E-state index contributed by atoms with van der Waals surface area (Å²) >= 11 is 1.50. The van der Waals surface area contributed by atoms with Gasteiger partial charge < -0.3 is 10.6 Å². The van der Waals surface area contributed by atoms with Crippen LogP contribution >= 0.6 is 11.9 Å². The number of nitrogens with one attached hydrogen (secondary N) is 3. The first-order chi connectivity index (χ1) is 15.5. The number of halogens is 1. The lowest BCUT2D eigenvalue weighted by Gasteiger charge is -2.54. The molecule has 2 atom stereocenters. The summed E-state index contributed by atoms with van der Waals surface area (Å²) in [6.07, 6.45) is 3.44. The van der Waals surface area contributed by atoms with Gasteiger partial charge in [0, 0.05) is 32.7 Å². The zero-order valence-corrected chi connectivity index (χ0v) is 20.1. The van der Waals surface area contributed by atoms with Crippen LogP contribution in [-0.4, -0.2) is 66.0 Å². The first kappa shape index (κ1) is 23.5. The predicted octanol–water partition coefficient (Wildman–Crippen LogP) is 1.99. The average Bonchev–Trinajstić information content (AvgIpc) is 2.74. The lowest BCUT2D eigenvalue weighted by Crippen LogP contribution is -2.65. The highest BCUT2D eigenvalue weighted by molar-refractivity contribution is 7.98. The molecular formula is C21H25FN6O3S2. The largest absolute Gasteiger partial charge is 0.345 e. The van der Waals surface area contributed by atoms with Crippen molar-refractivity contribution in [3.05, 3.63) is 59.2 Å². The van der Waals surface area contributed by atoms with E-state index in [0.29, 0.717) is 25.1 Å². The summed E-state index contributed by atoms with van der Waals surface area (Å²) in [4.78, 5) is 16.3. The van der Waals surface area contributed by atoms with Crippen LogP contribution < -0.4 is 10.6 Å². The van der Waals surface area contributed by atoms with Crippen molar-refractivity contribution in [2.24, 2.45) is 0 Å². The maximum atomic E-state index is 13.1. The fourth-order valence-electron chi connectivity index (χ4n) is 4.08. The first-order valence-electron chi connectivity index (χ1n) is 10.2. The Balaban J connectivity index is 1.58. The highest BCUT2D eigenvalue weighted by Gasteiger charge is 2.53. The van der Waals surface area contributed by atoms with Crippen LogP contribution in [-0.2, 0) is 22.0 Å². The van der Waals surface area contributed by atoms with Crippen molar-refractivity contribution in [3.63, 3.8) is 0 Å². The van der Waals surface area contributed by atoms with Crippen molar-refractivity contribution in [1.29, 1.82) is 5.41 Å². The van der Waals surface area contributed by atoms with Gasteiger partial charge in [-0.05, 0) is 53.8 Å². The Bertz CT molecular complexity index is 1210. The van der Waals surface area contributed by atoms with Gasteiger partial charge in [0.05, 0.1) is 23.2 Å². The van der Waals surface area contributed by atoms with Gasteiger partial charge in [0.15, 0.2) is 0 Å². The van der Waals surface area contributed by atoms with Crippen molar-refractivity contribution in [1.82, 2.24) is 18.9 Å². The summed E-state index contributed by atoms with van der Waals surface area (Å²) in [5.74, 6) is -0.702. The Kier molecular flexibility index (Phi) is 6.10. The molecule has 0 bridgehead atoms. The van der Waals surface area contributed by atoms with Crippen molar-refractivity contribution in [2.45, 2.75) is 23.6 Å².